The van der Waals surface area contributed by atoms with E-state index in [1.807, 2.05) is 50.2 Å². The number of nitrogens with zero attached hydrogens (tertiary/aromatic N) is 1. The number of nitrogens with one attached hydrogen (secondary N) is 1. The van der Waals surface area contributed by atoms with Gasteiger partial charge in [0.25, 0.3) is 8.32 Å². The van der Waals surface area contributed by atoms with Crippen molar-refractivity contribution in [3.05, 3.63) is 72.4 Å². The molecule has 3 aromatic rings. The van der Waals surface area contributed by atoms with E-state index in [1.165, 1.54) is 24.2 Å². The molecule has 0 aliphatic heterocycles. The maximum absolute atomic E-state index is 13.3. The van der Waals surface area contributed by atoms with E-state index in [0.717, 1.165) is 0 Å². The number of Topliss-reactive ketones (excluding diaryl/α,β-unsaturated/α-hetero) is 1. The molecule has 1 aliphatic rings. The molecule has 2 aromatic carbocycles. The number of benzene rings is 2. The normalized spacial score (nSPS) is 15.8. The minimum atomic E-state index is -3.81. The van der Waals surface area contributed by atoms with Gasteiger partial charge in [0.2, 0.25) is 11.8 Å². The summed E-state index contributed by atoms with van der Waals surface area (Å²) in [6.45, 7) is 13.8. The van der Waals surface area contributed by atoms with Gasteiger partial charge >= 0.3 is 0 Å². The lowest BCUT2D eigenvalue weighted by Gasteiger charge is -2.44. The average molecular weight is 639 g/mol. The van der Waals surface area contributed by atoms with Crippen LogP contribution in [-0.4, -0.2) is 50.7 Å². The lowest BCUT2D eigenvalue weighted by Crippen LogP contribution is -2.67. The molecule has 0 spiro atoms. The molecular weight excluding hydrogens is 593 g/mol. The first kappa shape index (κ1) is 33.8. The summed E-state index contributed by atoms with van der Waals surface area (Å²) in [5.41, 5.74) is -0.0159. The minimum absolute atomic E-state index is 0.0788. The third-order valence-corrected chi connectivity index (χ3v) is 16.6. The predicted octanol–water partition coefficient (Wildman–Crippen LogP) is 5.42. The Hall–Kier alpha value is -3.08. The highest BCUT2D eigenvalue weighted by atomic mass is 32.2. The van der Waals surface area contributed by atoms with Crippen molar-refractivity contribution in [1.82, 2.24) is 5.16 Å². The third-order valence-electron chi connectivity index (χ3n) is 8.95. The van der Waals surface area contributed by atoms with Gasteiger partial charge in [-0.1, -0.05) is 100 Å². The van der Waals surface area contributed by atoms with Crippen LogP contribution >= 0.6 is 0 Å². The molecular formula is C34H46N2O6SSi. The smallest absolute Gasteiger partial charge is 0.261 e. The number of hydrogen-bond donors (Lipinski definition) is 1. The second-order valence-corrected chi connectivity index (χ2v) is 21.0. The van der Waals surface area contributed by atoms with Crippen molar-refractivity contribution < 1.29 is 27.0 Å². The molecule has 0 unspecified atom stereocenters. The number of amides is 1. The van der Waals surface area contributed by atoms with Crippen LogP contribution in [0.1, 0.15) is 79.8 Å². The Kier molecular flexibility index (Phi) is 9.78. The lowest BCUT2D eigenvalue weighted by atomic mass is 9.90. The van der Waals surface area contributed by atoms with E-state index in [-0.39, 0.29) is 28.4 Å². The Bertz CT molecular complexity index is 1510. The van der Waals surface area contributed by atoms with Gasteiger partial charge in [0, 0.05) is 30.9 Å². The summed E-state index contributed by atoms with van der Waals surface area (Å²) in [7, 11) is -6.60. The number of hydrogen-bond acceptors (Lipinski definition) is 7. The summed E-state index contributed by atoms with van der Waals surface area (Å²) in [5, 5.41) is 9.05. The fourth-order valence-electron chi connectivity index (χ4n) is 5.87. The monoisotopic (exact) mass is 638 g/mol. The molecule has 1 fully saturated rings. The fourth-order valence-corrected chi connectivity index (χ4v) is 12.3. The van der Waals surface area contributed by atoms with Crippen molar-refractivity contribution in [2.45, 2.75) is 89.3 Å². The standard InChI is InChI=1S/C34H46N2O6SSi/c1-32(2,3)44(27-14-10-8-11-15-27,28-16-12-9-13-17-28)41-24-33(4,5)29-22-30(42-36-29)35-31(38)34(6,7)43(39,40)23-25-18-20-26(37)21-19-25/h8-17,22,25H,18-21,23-24H2,1-7H3,(H,35,38). The Morgan fingerprint density at radius 2 is 1.45 bits per heavy atom. The van der Waals surface area contributed by atoms with Gasteiger partial charge in [-0.15, -0.1) is 0 Å². The molecule has 1 saturated carbocycles. The molecule has 238 valence electrons. The van der Waals surface area contributed by atoms with Crippen LogP contribution in [0, 0.1) is 5.92 Å². The summed E-state index contributed by atoms with van der Waals surface area (Å²) in [5.74, 6) is -0.701. The Labute approximate surface area is 263 Å². The molecule has 44 heavy (non-hydrogen) atoms. The van der Waals surface area contributed by atoms with E-state index >= 15 is 0 Å². The van der Waals surface area contributed by atoms with Gasteiger partial charge in [-0.05, 0) is 48.0 Å². The van der Waals surface area contributed by atoms with Gasteiger partial charge in [-0.2, -0.15) is 0 Å². The van der Waals surface area contributed by atoms with Gasteiger partial charge in [0.15, 0.2) is 9.84 Å². The molecule has 1 amide bonds. The van der Waals surface area contributed by atoms with Gasteiger partial charge < -0.3 is 8.95 Å². The summed E-state index contributed by atoms with van der Waals surface area (Å²) in [6.07, 6.45) is 1.85. The second-order valence-electron chi connectivity index (χ2n) is 14.1. The molecule has 0 saturated heterocycles. The third kappa shape index (κ3) is 6.92. The van der Waals surface area contributed by atoms with Crippen LogP contribution in [0.3, 0.4) is 0 Å². The molecule has 1 aliphatic carbocycles. The maximum Gasteiger partial charge on any atom is 0.261 e. The van der Waals surface area contributed by atoms with Crippen molar-refractivity contribution in [1.29, 1.82) is 0 Å². The van der Waals surface area contributed by atoms with Crippen LogP contribution in [0.25, 0.3) is 0 Å². The molecule has 1 aromatic heterocycles. The highest BCUT2D eigenvalue weighted by molar-refractivity contribution is 7.93. The molecule has 1 heterocycles. The van der Waals surface area contributed by atoms with Crippen molar-refractivity contribution >= 4 is 46.1 Å². The van der Waals surface area contributed by atoms with Crippen molar-refractivity contribution in [2.75, 3.05) is 17.7 Å². The number of rotatable bonds is 11. The Balaban J connectivity index is 1.53. The van der Waals surface area contributed by atoms with Crippen LogP contribution in [-0.2, 0) is 29.3 Å². The summed E-state index contributed by atoms with van der Waals surface area (Å²) < 4.78 is 37.5. The molecule has 0 bridgehead atoms. The molecule has 1 N–H and O–H groups in total. The van der Waals surface area contributed by atoms with Gasteiger partial charge in [-0.3, -0.25) is 14.9 Å². The van der Waals surface area contributed by atoms with E-state index in [0.29, 0.717) is 38.0 Å². The number of aromatic nitrogens is 1. The predicted molar refractivity (Wildman–Crippen MR) is 177 cm³/mol. The zero-order chi connectivity index (χ0) is 32.4. The minimum Gasteiger partial charge on any atom is -0.406 e. The quantitative estimate of drug-likeness (QED) is 0.279. The maximum atomic E-state index is 13.3. The summed E-state index contributed by atoms with van der Waals surface area (Å²) in [6, 6.07) is 22.4. The van der Waals surface area contributed by atoms with Crippen LogP contribution in [0.15, 0.2) is 71.3 Å². The van der Waals surface area contributed by atoms with Crippen LogP contribution in [0.5, 0.6) is 0 Å². The Morgan fingerprint density at radius 3 is 1.95 bits per heavy atom. The number of carbonyl (C=O) groups excluding carboxylic acids is 2. The first-order chi connectivity index (χ1) is 20.5. The first-order valence-electron chi connectivity index (χ1n) is 15.3. The molecule has 0 radical (unpaired) electrons. The van der Waals surface area contributed by atoms with Gasteiger partial charge in [0.1, 0.15) is 10.5 Å². The zero-order valence-corrected chi connectivity index (χ0v) is 28.8. The number of ketones is 1. The average Bonchev–Trinajstić information content (AvgIpc) is 3.44. The van der Waals surface area contributed by atoms with E-state index in [1.54, 1.807) is 6.07 Å². The summed E-state index contributed by atoms with van der Waals surface area (Å²) in [4.78, 5) is 24.8. The number of anilines is 1. The van der Waals surface area contributed by atoms with Crippen molar-refractivity contribution in [3.8, 4) is 0 Å². The largest absolute Gasteiger partial charge is 0.406 e. The summed E-state index contributed by atoms with van der Waals surface area (Å²) >= 11 is 0. The highest BCUT2D eigenvalue weighted by Gasteiger charge is 2.51. The van der Waals surface area contributed by atoms with Gasteiger partial charge in [0.05, 0.1) is 11.4 Å². The topological polar surface area (TPSA) is 116 Å². The fraction of sp³-hybridized carbons (Fsp3) is 0.500. The van der Waals surface area contributed by atoms with E-state index in [2.05, 4.69) is 55.5 Å². The van der Waals surface area contributed by atoms with Crippen molar-refractivity contribution in [3.63, 3.8) is 0 Å². The SMILES string of the molecule is CC(C)(CO[Si](c1ccccc1)(c1ccccc1)C(C)(C)C)c1cc(NC(=O)C(C)(C)S(=O)(=O)CC2CCC(=O)CC2)on1. The first-order valence-corrected chi connectivity index (χ1v) is 18.8. The number of carbonyl (C=O) groups is 2. The van der Waals surface area contributed by atoms with Crippen LogP contribution in [0.2, 0.25) is 5.04 Å². The van der Waals surface area contributed by atoms with E-state index in [4.69, 9.17) is 8.95 Å². The molecule has 4 rings (SSSR count). The zero-order valence-electron chi connectivity index (χ0n) is 27.0. The Morgan fingerprint density at radius 1 is 0.932 bits per heavy atom. The molecule has 10 heteroatoms. The number of sulfone groups is 1. The molecule has 0 atom stereocenters. The van der Waals surface area contributed by atoms with Gasteiger partial charge in [-0.25, -0.2) is 8.42 Å². The highest BCUT2D eigenvalue weighted by Crippen LogP contribution is 2.38. The van der Waals surface area contributed by atoms with Crippen molar-refractivity contribution in [2.24, 2.45) is 5.92 Å². The van der Waals surface area contributed by atoms with E-state index < -0.39 is 34.2 Å². The van der Waals surface area contributed by atoms with Crippen LogP contribution < -0.4 is 15.7 Å². The van der Waals surface area contributed by atoms with E-state index in [9.17, 15) is 18.0 Å². The lowest BCUT2D eigenvalue weighted by molar-refractivity contribution is -0.121. The van der Waals surface area contributed by atoms with Crippen LogP contribution in [0.4, 0.5) is 5.88 Å². The second kappa shape index (κ2) is 12.7. The molecule has 8 nitrogen and oxygen atoms in total.